The van der Waals surface area contributed by atoms with Gasteiger partial charge in [-0.2, -0.15) is 0 Å². The second-order valence-corrected chi connectivity index (χ2v) is 4.85. The van der Waals surface area contributed by atoms with Gasteiger partial charge in [0.1, 0.15) is 5.82 Å². The minimum Gasteiger partial charge on any atom is -0.329 e. The third-order valence-corrected chi connectivity index (χ3v) is 3.58. The molecular formula is C14H23ClFN3. The maximum atomic E-state index is 13.1. The molecule has 1 rings (SSSR count). The summed E-state index contributed by atoms with van der Waals surface area (Å²) in [6.45, 7) is 8.63. The van der Waals surface area contributed by atoms with E-state index in [0.717, 1.165) is 31.7 Å². The van der Waals surface area contributed by atoms with Crippen molar-refractivity contribution >= 4 is 11.6 Å². The number of hydrogen-bond donors (Lipinski definition) is 2. The Labute approximate surface area is 119 Å². The molecule has 5 heteroatoms. The zero-order valence-electron chi connectivity index (χ0n) is 11.6. The number of halogens is 2. The standard InChI is InChI=1S/C14H23ClFN3/c1-3-19(4-2)8-7-18-14(10-17)11-5-6-13(16)12(15)9-11/h5-6,9,14,18H,3-4,7-8,10,17H2,1-2H3. The third kappa shape index (κ3) is 5.07. The van der Waals surface area contributed by atoms with Gasteiger partial charge in [0.05, 0.1) is 5.02 Å². The maximum absolute atomic E-state index is 13.1. The van der Waals surface area contributed by atoms with Crippen LogP contribution in [0.25, 0.3) is 0 Å². The zero-order chi connectivity index (χ0) is 14.3. The third-order valence-electron chi connectivity index (χ3n) is 3.29. The van der Waals surface area contributed by atoms with E-state index in [1.54, 1.807) is 12.1 Å². The Kier molecular flexibility index (Phi) is 7.31. The van der Waals surface area contributed by atoms with Crippen molar-refractivity contribution in [3.63, 3.8) is 0 Å². The van der Waals surface area contributed by atoms with Crippen LogP contribution in [-0.2, 0) is 0 Å². The summed E-state index contributed by atoms with van der Waals surface area (Å²) in [5.41, 5.74) is 6.69. The van der Waals surface area contributed by atoms with Crippen LogP contribution in [0.3, 0.4) is 0 Å². The van der Waals surface area contributed by atoms with Gasteiger partial charge in [-0.05, 0) is 30.8 Å². The van der Waals surface area contributed by atoms with E-state index in [9.17, 15) is 4.39 Å². The Hall–Kier alpha value is -0.680. The molecular weight excluding hydrogens is 265 g/mol. The number of rotatable bonds is 8. The Morgan fingerprint density at radius 1 is 1.37 bits per heavy atom. The van der Waals surface area contributed by atoms with Crippen molar-refractivity contribution in [3.05, 3.63) is 34.6 Å². The molecule has 0 aromatic heterocycles. The first-order chi connectivity index (χ1) is 9.12. The van der Waals surface area contributed by atoms with Gasteiger partial charge in [-0.25, -0.2) is 4.39 Å². The molecule has 0 aliphatic carbocycles. The van der Waals surface area contributed by atoms with Crippen molar-refractivity contribution in [1.29, 1.82) is 0 Å². The van der Waals surface area contributed by atoms with Gasteiger partial charge in [-0.3, -0.25) is 0 Å². The normalized spacial score (nSPS) is 12.9. The van der Waals surface area contributed by atoms with E-state index in [2.05, 4.69) is 24.1 Å². The second kappa shape index (κ2) is 8.48. The zero-order valence-corrected chi connectivity index (χ0v) is 12.4. The lowest BCUT2D eigenvalue weighted by atomic mass is 10.1. The van der Waals surface area contributed by atoms with E-state index >= 15 is 0 Å². The topological polar surface area (TPSA) is 41.3 Å². The summed E-state index contributed by atoms with van der Waals surface area (Å²) >= 11 is 5.79. The van der Waals surface area contributed by atoms with Crippen molar-refractivity contribution < 1.29 is 4.39 Å². The molecule has 0 amide bonds. The Morgan fingerprint density at radius 3 is 2.58 bits per heavy atom. The molecule has 0 spiro atoms. The van der Waals surface area contributed by atoms with Crippen molar-refractivity contribution in [2.75, 3.05) is 32.7 Å². The van der Waals surface area contributed by atoms with Crippen LogP contribution in [0.1, 0.15) is 25.5 Å². The second-order valence-electron chi connectivity index (χ2n) is 4.44. The molecule has 0 saturated heterocycles. The molecule has 0 fully saturated rings. The van der Waals surface area contributed by atoms with Crippen LogP contribution in [0.4, 0.5) is 4.39 Å². The molecule has 0 heterocycles. The minimum atomic E-state index is -0.399. The highest BCUT2D eigenvalue weighted by molar-refractivity contribution is 6.30. The van der Waals surface area contributed by atoms with E-state index in [1.165, 1.54) is 6.07 Å². The number of nitrogens with two attached hydrogens (primary N) is 1. The quantitative estimate of drug-likeness (QED) is 0.771. The summed E-state index contributed by atoms with van der Waals surface area (Å²) in [6.07, 6.45) is 0. The monoisotopic (exact) mass is 287 g/mol. The lowest BCUT2D eigenvalue weighted by Gasteiger charge is -2.22. The number of benzene rings is 1. The van der Waals surface area contributed by atoms with E-state index in [-0.39, 0.29) is 11.1 Å². The molecule has 1 unspecified atom stereocenters. The predicted octanol–water partition coefficient (Wildman–Crippen LogP) is 2.41. The largest absolute Gasteiger partial charge is 0.329 e. The molecule has 108 valence electrons. The van der Waals surface area contributed by atoms with Crippen LogP contribution >= 0.6 is 11.6 Å². The van der Waals surface area contributed by atoms with Crippen LogP contribution in [-0.4, -0.2) is 37.6 Å². The molecule has 1 atom stereocenters. The highest BCUT2D eigenvalue weighted by atomic mass is 35.5. The first-order valence-electron chi connectivity index (χ1n) is 6.73. The van der Waals surface area contributed by atoms with E-state index in [4.69, 9.17) is 17.3 Å². The van der Waals surface area contributed by atoms with Crippen molar-refractivity contribution in [3.8, 4) is 0 Å². The highest BCUT2D eigenvalue weighted by Gasteiger charge is 2.11. The Balaban J connectivity index is 2.55. The first-order valence-corrected chi connectivity index (χ1v) is 7.10. The summed E-state index contributed by atoms with van der Waals surface area (Å²) in [5, 5.41) is 3.52. The van der Waals surface area contributed by atoms with Gasteiger partial charge in [-0.15, -0.1) is 0 Å². The maximum Gasteiger partial charge on any atom is 0.141 e. The summed E-state index contributed by atoms with van der Waals surface area (Å²) < 4.78 is 13.1. The molecule has 1 aromatic carbocycles. The molecule has 1 aromatic rings. The minimum absolute atomic E-state index is 0.00802. The molecule has 0 aliphatic heterocycles. The number of nitrogens with one attached hydrogen (secondary N) is 1. The SMILES string of the molecule is CCN(CC)CCNC(CN)c1ccc(F)c(Cl)c1. The molecule has 0 bridgehead atoms. The molecule has 3 nitrogen and oxygen atoms in total. The lowest BCUT2D eigenvalue weighted by molar-refractivity contribution is 0.297. The fourth-order valence-electron chi connectivity index (χ4n) is 2.00. The van der Waals surface area contributed by atoms with Crippen LogP contribution < -0.4 is 11.1 Å². The molecule has 0 radical (unpaired) electrons. The fourth-order valence-corrected chi connectivity index (χ4v) is 2.19. The van der Waals surface area contributed by atoms with Gasteiger partial charge < -0.3 is 16.0 Å². The van der Waals surface area contributed by atoms with Crippen molar-refractivity contribution in [1.82, 2.24) is 10.2 Å². The fraction of sp³-hybridized carbons (Fsp3) is 0.571. The van der Waals surface area contributed by atoms with Crippen LogP contribution in [0, 0.1) is 5.82 Å². The average Bonchev–Trinajstić information content (AvgIpc) is 2.42. The van der Waals surface area contributed by atoms with Crippen molar-refractivity contribution in [2.24, 2.45) is 5.73 Å². The Morgan fingerprint density at radius 2 is 2.05 bits per heavy atom. The molecule has 0 saturated carbocycles. The highest BCUT2D eigenvalue weighted by Crippen LogP contribution is 2.20. The van der Waals surface area contributed by atoms with E-state index in [0.29, 0.717) is 6.54 Å². The lowest BCUT2D eigenvalue weighted by Crippen LogP contribution is -2.36. The van der Waals surface area contributed by atoms with Gasteiger partial charge in [0.25, 0.3) is 0 Å². The van der Waals surface area contributed by atoms with Gasteiger partial charge >= 0.3 is 0 Å². The number of nitrogens with zero attached hydrogens (tertiary/aromatic N) is 1. The molecule has 3 N–H and O–H groups in total. The van der Waals surface area contributed by atoms with Crippen LogP contribution in [0.5, 0.6) is 0 Å². The van der Waals surface area contributed by atoms with Gasteiger partial charge in [0.2, 0.25) is 0 Å². The smallest absolute Gasteiger partial charge is 0.141 e. The van der Waals surface area contributed by atoms with E-state index < -0.39 is 5.82 Å². The first kappa shape index (κ1) is 16.4. The molecule has 19 heavy (non-hydrogen) atoms. The number of hydrogen-bond acceptors (Lipinski definition) is 3. The van der Waals surface area contributed by atoms with Crippen LogP contribution in [0.2, 0.25) is 5.02 Å². The van der Waals surface area contributed by atoms with Gasteiger partial charge in [0, 0.05) is 25.7 Å². The number of likely N-dealkylation sites (N-methyl/N-ethyl adjacent to an activating group) is 1. The summed E-state index contributed by atoms with van der Waals surface area (Å²) in [5.74, 6) is -0.399. The van der Waals surface area contributed by atoms with E-state index in [1.807, 2.05) is 0 Å². The van der Waals surface area contributed by atoms with Gasteiger partial charge in [-0.1, -0.05) is 31.5 Å². The summed E-state index contributed by atoms with van der Waals surface area (Å²) in [4.78, 5) is 2.33. The summed E-state index contributed by atoms with van der Waals surface area (Å²) in [7, 11) is 0. The molecule has 0 aliphatic rings. The van der Waals surface area contributed by atoms with Crippen molar-refractivity contribution in [2.45, 2.75) is 19.9 Å². The van der Waals surface area contributed by atoms with Crippen LogP contribution in [0.15, 0.2) is 18.2 Å². The Bertz CT molecular complexity index is 383. The summed E-state index contributed by atoms with van der Waals surface area (Å²) in [6, 6.07) is 4.75. The van der Waals surface area contributed by atoms with Gasteiger partial charge in [0.15, 0.2) is 0 Å². The predicted molar refractivity (Wildman–Crippen MR) is 79.0 cm³/mol. The average molecular weight is 288 g/mol.